The molecule has 2 aliphatic carbocycles. The summed E-state index contributed by atoms with van der Waals surface area (Å²) in [6.07, 6.45) is 10.7. The van der Waals surface area contributed by atoms with E-state index in [1.807, 2.05) is 0 Å². The van der Waals surface area contributed by atoms with Crippen molar-refractivity contribution in [3.05, 3.63) is 36.3 Å². The molecule has 2 aromatic rings. The van der Waals surface area contributed by atoms with Crippen LogP contribution in [0.3, 0.4) is 0 Å². The fourth-order valence-corrected chi connectivity index (χ4v) is 5.49. The number of anilines is 2. The number of carbonyl (C=O) groups excluding carboxylic acids is 2. The van der Waals surface area contributed by atoms with E-state index in [1.54, 1.807) is 29.2 Å². The highest BCUT2D eigenvalue weighted by atomic mass is 19.1. The summed E-state index contributed by atoms with van der Waals surface area (Å²) in [5.74, 6) is 0.259. The molecular formula is C27H34FN5O3. The average Bonchev–Trinajstić information content (AvgIpc) is 2.92. The van der Waals surface area contributed by atoms with E-state index in [0.29, 0.717) is 30.4 Å². The van der Waals surface area contributed by atoms with Crippen LogP contribution in [-0.2, 0) is 9.53 Å². The number of aromatic nitrogens is 2. The smallest absolute Gasteiger partial charge is 0.414 e. The first kappa shape index (κ1) is 24.5. The van der Waals surface area contributed by atoms with Crippen LogP contribution in [-0.4, -0.2) is 47.2 Å². The number of hydrogen-bond acceptors (Lipinski definition) is 6. The zero-order chi connectivity index (χ0) is 24.9. The van der Waals surface area contributed by atoms with Crippen LogP contribution in [0.2, 0.25) is 0 Å². The highest BCUT2D eigenvalue weighted by molar-refractivity contribution is 5.89. The fraction of sp³-hybridized carbons (Fsp3) is 0.556. The molecule has 1 saturated heterocycles. The molecule has 8 nitrogen and oxygen atoms in total. The number of nitrogens with one attached hydrogen (secondary N) is 2. The third-order valence-electron chi connectivity index (χ3n) is 7.53. The Kier molecular flexibility index (Phi) is 7.63. The van der Waals surface area contributed by atoms with Crippen LogP contribution in [0.25, 0.3) is 11.3 Å². The summed E-state index contributed by atoms with van der Waals surface area (Å²) < 4.78 is 19.8. The quantitative estimate of drug-likeness (QED) is 0.582. The second-order valence-electron chi connectivity index (χ2n) is 10.1. The molecule has 0 radical (unpaired) electrons. The molecule has 1 aliphatic heterocycles. The minimum absolute atomic E-state index is 0.167. The number of nitrogens with zero attached hydrogens (tertiary/aromatic N) is 3. The molecule has 0 spiro atoms. The predicted molar refractivity (Wildman–Crippen MR) is 135 cm³/mol. The van der Waals surface area contributed by atoms with Crippen LogP contribution in [0.5, 0.6) is 0 Å². The molecule has 36 heavy (non-hydrogen) atoms. The lowest BCUT2D eigenvalue weighted by Crippen LogP contribution is -2.43. The Morgan fingerprint density at radius 1 is 1.03 bits per heavy atom. The molecule has 0 bridgehead atoms. The number of ether oxygens (including phenoxy) is 1. The van der Waals surface area contributed by atoms with Gasteiger partial charge in [-0.3, -0.25) is 9.69 Å². The molecule has 5 rings (SSSR count). The van der Waals surface area contributed by atoms with Crippen molar-refractivity contribution < 1.29 is 18.7 Å². The van der Waals surface area contributed by atoms with E-state index in [-0.39, 0.29) is 29.6 Å². The number of rotatable bonds is 6. The number of amides is 2. The number of carbonyl (C=O) groups is 2. The van der Waals surface area contributed by atoms with Gasteiger partial charge in [-0.1, -0.05) is 31.4 Å². The first-order valence-electron chi connectivity index (χ1n) is 13.2. The Bertz CT molecular complexity index is 1080. The summed E-state index contributed by atoms with van der Waals surface area (Å²) >= 11 is 0. The topological polar surface area (TPSA) is 96.5 Å². The summed E-state index contributed by atoms with van der Waals surface area (Å²) in [6.45, 7) is 0.977. The highest BCUT2D eigenvalue weighted by Gasteiger charge is 2.27. The number of hydrogen-bond donors (Lipinski definition) is 2. The van der Waals surface area contributed by atoms with Crippen molar-refractivity contribution in [2.24, 2.45) is 5.92 Å². The van der Waals surface area contributed by atoms with E-state index in [4.69, 9.17) is 4.74 Å². The maximum absolute atomic E-state index is 14.7. The van der Waals surface area contributed by atoms with Crippen molar-refractivity contribution in [2.75, 3.05) is 23.4 Å². The predicted octanol–water partition coefficient (Wildman–Crippen LogP) is 5.05. The van der Waals surface area contributed by atoms with Crippen LogP contribution in [0.15, 0.2) is 30.5 Å². The maximum Gasteiger partial charge on any atom is 0.414 e. The van der Waals surface area contributed by atoms with Gasteiger partial charge < -0.3 is 15.4 Å². The normalized spacial score (nSPS) is 23.1. The second-order valence-corrected chi connectivity index (χ2v) is 10.1. The standard InChI is InChI=1S/C27H34FN5O3/c28-23-17-29-26(31-21-12-10-20(11-13-21)30-25(34)18-6-2-1-3-7-18)32-24(23)19-8-4-9-22(16-19)33-14-5-15-36-27(33)35/h4,8-9,16-18,20-21H,1-3,5-7,10-15H2,(H,30,34)(H,29,31,32). The molecule has 0 atom stereocenters. The summed E-state index contributed by atoms with van der Waals surface area (Å²) in [6, 6.07) is 7.49. The Labute approximate surface area is 211 Å². The van der Waals surface area contributed by atoms with Gasteiger partial charge in [-0.25, -0.2) is 19.2 Å². The van der Waals surface area contributed by atoms with Gasteiger partial charge in [0.1, 0.15) is 5.69 Å². The minimum atomic E-state index is -0.520. The lowest BCUT2D eigenvalue weighted by Gasteiger charge is -2.31. The summed E-state index contributed by atoms with van der Waals surface area (Å²) in [7, 11) is 0. The van der Waals surface area contributed by atoms with Crippen molar-refractivity contribution in [1.29, 1.82) is 0 Å². The molecule has 2 heterocycles. The van der Waals surface area contributed by atoms with E-state index >= 15 is 0 Å². The van der Waals surface area contributed by atoms with Crippen molar-refractivity contribution in [3.8, 4) is 11.3 Å². The number of benzene rings is 1. The van der Waals surface area contributed by atoms with E-state index in [2.05, 4.69) is 20.6 Å². The molecule has 1 aromatic carbocycles. The zero-order valence-corrected chi connectivity index (χ0v) is 20.5. The largest absolute Gasteiger partial charge is 0.449 e. The Morgan fingerprint density at radius 2 is 1.81 bits per heavy atom. The lowest BCUT2D eigenvalue weighted by atomic mass is 9.87. The molecule has 1 aromatic heterocycles. The third kappa shape index (κ3) is 5.77. The molecule has 9 heteroatoms. The van der Waals surface area contributed by atoms with Crippen LogP contribution < -0.4 is 15.5 Å². The Morgan fingerprint density at radius 3 is 2.58 bits per heavy atom. The molecule has 2 N–H and O–H groups in total. The van der Waals surface area contributed by atoms with E-state index in [1.165, 1.54) is 12.6 Å². The molecule has 2 amide bonds. The molecule has 192 valence electrons. The third-order valence-corrected chi connectivity index (χ3v) is 7.53. The van der Waals surface area contributed by atoms with Gasteiger partial charge in [0.2, 0.25) is 11.9 Å². The summed E-state index contributed by atoms with van der Waals surface area (Å²) in [5.41, 5.74) is 1.41. The van der Waals surface area contributed by atoms with Crippen LogP contribution in [0.4, 0.5) is 20.8 Å². The summed E-state index contributed by atoms with van der Waals surface area (Å²) in [5, 5.41) is 6.62. The first-order valence-corrected chi connectivity index (χ1v) is 13.2. The molecule has 2 saturated carbocycles. The van der Waals surface area contributed by atoms with Crippen LogP contribution in [0, 0.1) is 11.7 Å². The lowest BCUT2D eigenvalue weighted by molar-refractivity contribution is -0.126. The van der Waals surface area contributed by atoms with E-state index in [9.17, 15) is 14.0 Å². The minimum Gasteiger partial charge on any atom is -0.449 e. The van der Waals surface area contributed by atoms with Crippen molar-refractivity contribution >= 4 is 23.6 Å². The Hall–Kier alpha value is -3.23. The van der Waals surface area contributed by atoms with Crippen molar-refractivity contribution in [1.82, 2.24) is 15.3 Å². The number of cyclic esters (lactones) is 1. The Balaban J connectivity index is 1.20. The molecule has 3 aliphatic rings. The second kappa shape index (κ2) is 11.2. The zero-order valence-electron chi connectivity index (χ0n) is 20.5. The van der Waals surface area contributed by atoms with Gasteiger partial charge in [-0.05, 0) is 57.1 Å². The van der Waals surface area contributed by atoms with Gasteiger partial charge in [0.15, 0.2) is 5.82 Å². The van der Waals surface area contributed by atoms with Gasteiger partial charge in [0.05, 0.1) is 12.8 Å². The fourth-order valence-electron chi connectivity index (χ4n) is 5.49. The van der Waals surface area contributed by atoms with Crippen molar-refractivity contribution in [3.63, 3.8) is 0 Å². The molecule has 3 fully saturated rings. The molecule has 0 unspecified atom stereocenters. The van der Waals surface area contributed by atoms with E-state index < -0.39 is 11.9 Å². The van der Waals surface area contributed by atoms with Crippen LogP contribution >= 0.6 is 0 Å². The van der Waals surface area contributed by atoms with Gasteiger partial charge in [-0.2, -0.15) is 0 Å². The molecular weight excluding hydrogens is 461 g/mol. The van der Waals surface area contributed by atoms with Gasteiger partial charge in [0, 0.05) is 35.8 Å². The monoisotopic (exact) mass is 495 g/mol. The van der Waals surface area contributed by atoms with Crippen LogP contribution in [0.1, 0.15) is 64.2 Å². The van der Waals surface area contributed by atoms with Gasteiger partial charge in [-0.15, -0.1) is 0 Å². The highest BCUT2D eigenvalue weighted by Crippen LogP contribution is 2.29. The van der Waals surface area contributed by atoms with Gasteiger partial charge in [0.25, 0.3) is 0 Å². The maximum atomic E-state index is 14.7. The average molecular weight is 496 g/mol. The number of halogens is 1. The van der Waals surface area contributed by atoms with E-state index in [0.717, 1.165) is 57.8 Å². The SMILES string of the molecule is O=C(NC1CCC(Nc2ncc(F)c(-c3cccc(N4CCCOC4=O)c3)n2)CC1)C1CCCCC1. The summed E-state index contributed by atoms with van der Waals surface area (Å²) in [4.78, 5) is 34.9. The first-order chi connectivity index (χ1) is 17.6. The van der Waals surface area contributed by atoms with Crippen molar-refractivity contribution in [2.45, 2.75) is 76.3 Å². The van der Waals surface area contributed by atoms with Gasteiger partial charge >= 0.3 is 6.09 Å².